The third-order valence-electron chi connectivity index (χ3n) is 4.99. The fourth-order valence-corrected chi connectivity index (χ4v) is 4.35. The summed E-state index contributed by atoms with van der Waals surface area (Å²) >= 11 is 0.947. The van der Waals surface area contributed by atoms with E-state index in [0.29, 0.717) is 6.54 Å². The van der Waals surface area contributed by atoms with Crippen LogP contribution in [-0.4, -0.2) is 30.1 Å². The number of rotatable bonds is 8. The van der Waals surface area contributed by atoms with Crippen molar-refractivity contribution in [2.75, 3.05) is 12.4 Å². The van der Waals surface area contributed by atoms with E-state index in [0.717, 1.165) is 17.3 Å². The quantitative estimate of drug-likeness (QED) is 0.456. The maximum absolute atomic E-state index is 14.6. The summed E-state index contributed by atoms with van der Waals surface area (Å²) in [6.07, 6.45) is 0. The van der Waals surface area contributed by atoms with Crippen LogP contribution in [0.25, 0.3) is 0 Å². The highest BCUT2D eigenvalue weighted by atomic mass is 32.2. The van der Waals surface area contributed by atoms with Crippen LogP contribution in [0.2, 0.25) is 0 Å². The molecule has 0 fully saturated rings. The molecule has 2 atom stereocenters. The third kappa shape index (κ3) is 5.79. The first-order valence-corrected chi connectivity index (χ1v) is 11.2. The van der Waals surface area contributed by atoms with E-state index in [9.17, 15) is 24.0 Å². The number of allylic oxidation sites excluding steroid dienone is 1. The van der Waals surface area contributed by atoms with Gasteiger partial charge in [-0.2, -0.15) is 5.26 Å². The molecule has 2 aromatic rings. The van der Waals surface area contributed by atoms with Crippen LogP contribution in [0.4, 0.5) is 4.39 Å². The largest absolute Gasteiger partial charge is 0.465 e. The molecule has 2 aromatic carbocycles. The number of nitriles is 1. The second-order valence-electron chi connectivity index (χ2n) is 7.12. The molecule has 33 heavy (non-hydrogen) atoms. The number of hydrogen-bond donors (Lipinski definition) is 2. The number of hydrogen-bond acceptors (Lipinski definition) is 6. The summed E-state index contributed by atoms with van der Waals surface area (Å²) in [5, 5.41) is 15.3. The van der Waals surface area contributed by atoms with E-state index in [4.69, 9.17) is 4.74 Å². The lowest BCUT2D eigenvalue weighted by molar-refractivity contribution is -0.152. The highest BCUT2D eigenvalue weighted by molar-refractivity contribution is 8.03. The average Bonchev–Trinajstić information content (AvgIpc) is 2.82. The molecular weight excluding hydrogens is 445 g/mol. The van der Waals surface area contributed by atoms with E-state index in [-0.39, 0.29) is 34.4 Å². The van der Waals surface area contributed by atoms with Gasteiger partial charge in [0.1, 0.15) is 11.7 Å². The Hall–Kier alpha value is -3.64. The number of carbonyl (C=O) groups is 3. The molecule has 9 heteroatoms. The lowest BCUT2D eigenvalue weighted by Crippen LogP contribution is -2.44. The van der Waals surface area contributed by atoms with Gasteiger partial charge in [-0.25, -0.2) is 4.39 Å². The molecule has 1 aliphatic rings. The molecule has 3 rings (SSSR count). The molecule has 1 aliphatic heterocycles. The first-order valence-electron chi connectivity index (χ1n) is 10.3. The predicted molar refractivity (Wildman–Crippen MR) is 121 cm³/mol. The number of thioether (sulfide) groups is 1. The Bertz CT molecular complexity index is 1110. The molecule has 0 saturated carbocycles. The maximum atomic E-state index is 14.6. The Balaban J connectivity index is 1.85. The molecule has 170 valence electrons. The fraction of sp³-hybridized carbons (Fsp3) is 0.250. The molecule has 0 bridgehead atoms. The van der Waals surface area contributed by atoms with Gasteiger partial charge in [0.15, 0.2) is 0 Å². The zero-order chi connectivity index (χ0) is 23.8. The number of benzene rings is 2. The Labute approximate surface area is 195 Å². The summed E-state index contributed by atoms with van der Waals surface area (Å²) in [6.45, 7) is 1.95. The maximum Gasteiger partial charge on any atom is 0.319 e. The highest BCUT2D eigenvalue weighted by Gasteiger charge is 2.45. The minimum absolute atomic E-state index is 0.00128. The normalized spacial score (nSPS) is 17.7. The van der Waals surface area contributed by atoms with E-state index in [1.807, 2.05) is 36.4 Å². The van der Waals surface area contributed by atoms with Crippen LogP contribution in [0.1, 0.15) is 24.0 Å². The number of carbonyl (C=O) groups excluding carboxylic acids is 3. The standard InChI is InChI=1S/C24H22FN3O4S/c1-2-32-24(31)21-20(16-10-6-7-11-18(16)25)17(12-26)23(28-22(21)30)33-14-19(29)27-13-15-8-4-3-5-9-15/h3-11,20-21H,2,13-14H2,1H3,(H,27,29)(H,28,30)/t20-,21-/m1/s1. The Morgan fingerprint density at radius 3 is 2.55 bits per heavy atom. The van der Waals surface area contributed by atoms with Crippen molar-refractivity contribution in [3.8, 4) is 6.07 Å². The summed E-state index contributed by atoms with van der Waals surface area (Å²) in [4.78, 5) is 37.7. The molecule has 1 heterocycles. The van der Waals surface area contributed by atoms with Crippen LogP contribution in [0.3, 0.4) is 0 Å². The first-order chi connectivity index (χ1) is 16.0. The van der Waals surface area contributed by atoms with Gasteiger partial charge in [0.2, 0.25) is 11.8 Å². The molecule has 0 unspecified atom stereocenters. The second kappa shape index (κ2) is 11.3. The van der Waals surface area contributed by atoms with Gasteiger partial charge in [-0.1, -0.05) is 60.3 Å². The van der Waals surface area contributed by atoms with E-state index in [1.54, 1.807) is 13.0 Å². The van der Waals surface area contributed by atoms with Gasteiger partial charge in [0.25, 0.3) is 0 Å². The number of nitrogens with zero attached hydrogens (tertiary/aromatic N) is 1. The third-order valence-corrected chi connectivity index (χ3v) is 6.01. The van der Waals surface area contributed by atoms with Crippen LogP contribution >= 0.6 is 11.8 Å². The monoisotopic (exact) mass is 467 g/mol. The van der Waals surface area contributed by atoms with E-state index in [2.05, 4.69) is 10.6 Å². The smallest absolute Gasteiger partial charge is 0.319 e. The predicted octanol–water partition coefficient (Wildman–Crippen LogP) is 3.00. The molecule has 0 aromatic heterocycles. The van der Waals surface area contributed by atoms with Gasteiger partial charge < -0.3 is 15.4 Å². The molecular formula is C24H22FN3O4S. The lowest BCUT2D eigenvalue weighted by Gasteiger charge is -2.31. The first kappa shape index (κ1) is 24.0. The van der Waals surface area contributed by atoms with Crippen molar-refractivity contribution in [2.24, 2.45) is 5.92 Å². The molecule has 2 amide bonds. The summed E-state index contributed by atoms with van der Waals surface area (Å²) in [6, 6.07) is 17.0. The zero-order valence-corrected chi connectivity index (χ0v) is 18.7. The SMILES string of the molecule is CCOC(=O)[C@H]1C(=O)NC(SCC(=O)NCc2ccccc2)=C(C#N)[C@H]1c1ccccc1F. The molecule has 2 N–H and O–H groups in total. The van der Waals surface area contributed by atoms with Crippen LogP contribution in [0.15, 0.2) is 65.2 Å². The summed E-state index contributed by atoms with van der Waals surface area (Å²) in [7, 11) is 0. The molecule has 0 spiro atoms. The minimum Gasteiger partial charge on any atom is -0.465 e. The van der Waals surface area contributed by atoms with Gasteiger partial charge in [0, 0.05) is 12.5 Å². The minimum atomic E-state index is -1.42. The summed E-state index contributed by atoms with van der Waals surface area (Å²) in [5.74, 6) is -5.19. The van der Waals surface area contributed by atoms with Crippen molar-refractivity contribution in [2.45, 2.75) is 19.4 Å². The number of ether oxygens (including phenoxy) is 1. The Morgan fingerprint density at radius 1 is 1.18 bits per heavy atom. The number of esters is 1. The Morgan fingerprint density at radius 2 is 1.88 bits per heavy atom. The summed E-state index contributed by atoms with van der Waals surface area (Å²) < 4.78 is 19.7. The van der Waals surface area contributed by atoms with Gasteiger partial charge in [0.05, 0.1) is 29.0 Å². The number of halogens is 1. The molecule has 0 aliphatic carbocycles. The molecule has 0 radical (unpaired) electrons. The average molecular weight is 468 g/mol. The lowest BCUT2D eigenvalue weighted by atomic mass is 9.78. The van der Waals surface area contributed by atoms with Crippen molar-refractivity contribution in [3.05, 3.63) is 82.1 Å². The van der Waals surface area contributed by atoms with E-state index >= 15 is 0 Å². The van der Waals surface area contributed by atoms with E-state index in [1.165, 1.54) is 18.2 Å². The van der Waals surface area contributed by atoms with Crippen molar-refractivity contribution in [3.63, 3.8) is 0 Å². The fourth-order valence-electron chi connectivity index (χ4n) is 3.47. The van der Waals surface area contributed by atoms with Crippen molar-refractivity contribution in [1.82, 2.24) is 10.6 Å². The second-order valence-corrected chi connectivity index (χ2v) is 8.11. The highest BCUT2D eigenvalue weighted by Crippen LogP contribution is 2.41. The summed E-state index contributed by atoms with van der Waals surface area (Å²) in [5.41, 5.74) is 0.961. The van der Waals surface area contributed by atoms with E-state index < -0.39 is 29.5 Å². The van der Waals surface area contributed by atoms with Crippen LogP contribution in [0.5, 0.6) is 0 Å². The zero-order valence-electron chi connectivity index (χ0n) is 17.8. The van der Waals surface area contributed by atoms with Gasteiger partial charge in [-0.05, 0) is 24.1 Å². The Kier molecular flexibility index (Phi) is 8.22. The number of nitrogens with one attached hydrogen (secondary N) is 2. The van der Waals surface area contributed by atoms with Crippen molar-refractivity contribution < 1.29 is 23.5 Å². The van der Waals surface area contributed by atoms with Crippen molar-refractivity contribution in [1.29, 1.82) is 5.26 Å². The van der Waals surface area contributed by atoms with Crippen LogP contribution < -0.4 is 10.6 Å². The van der Waals surface area contributed by atoms with Gasteiger partial charge in [-0.15, -0.1) is 0 Å². The molecule has 0 saturated heterocycles. The van der Waals surface area contributed by atoms with Gasteiger partial charge >= 0.3 is 5.97 Å². The van der Waals surface area contributed by atoms with Crippen molar-refractivity contribution >= 4 is 29.5 Å². The number of amides is 2. The molecule has 7 nitrogen and oxygen atoms in total. The van der Waals surface area contributed by atoms with Crippen LogP contribution in [-0.2, 0) is 25.7 Å². The van der Waals surface area contributed by atoms with Crippen LogP contribution in [0, 0.1) is 23.1 Å². The van der Waals surface area contributed by atoms with Gasteiger partial charge in [-0.3, -0.25) is 14.4 Å². The topological polar surface area (TPSA) is 108 Å².